The first-order valence-corrected chi connectivity index (χ1v) is 9.56. The summed E-state index contributed by atoms with van der Waals surface area (Å²) in [5.41, 5.74) is 1.53. The van der Waals surface area contributed by atoms with Crippen molar-refractivity contribution < 1.29 is 0 Å². The summed E-state index contributed by atoms with van der Waals surface area (Å²) in [5.74, 6) is 2.93. The maximum absolute atomic E-state index is 4.93. The van der Waals surface area contributed by atoms with Crippen LogP contribution in [0.25, 0.3) is 23.2 Å². The number of rotatable bonds is 4. The molecule has 1 aliphatic rings. The zero-order valence-corrected chi connectivity index (χ0v) is 16.4. The lowest BCUT2D eigenvalue weighted by Crippen LogP contribution is -2.40. The highest BCUT2D eigenvalue weighted by Crippen LogP contribution is 2.39. The zero-order valence-electron chi connectivity index (χ0n) is 16.4. The maximum Gasteiger partial charge on any atom is 0.237 e. The summed E-state index contributed by atoms with van der Waals surface area (Å²) >= 11 is 0. The third kappa shape index (κ3) is 2.67. The van der Waals surface area contributed by atoms with E-state index in [9.17, 15) is 0 Å². The Morgan fingerprint density at radius 3 is 2.72 bits per heavy atom. The molecule has 146 valence electrons. The van der Waals surface area contributed by atoms with Crippen molar-refractivity contribution in [3.05, 3.63) is 49.1 Å². The van der Waals surface area contributed by atoms with Crippen LogP contribution >= 0.6 is 0 Å². The third-order valence-electron chi connectivity index (χ3n) is 5.05. The minimum absolute atomic E-state index is 0.0926. The van der Waals surface area contributed by atoms with Gasteiger partial charge in [-0.15, -0.1) is 15.3 Å². The van der Waals surface area contributed by atoms with Crippen LogP contribution < -0.4 is 4.90 Å². The second-order valence-electron chi connectivity index (χ2n) is 7.09. The fourth-order valence-corrected chi connectivity index (χ4v) is 3.82. The topological polar surface area (TPSA) is 103 Å². The van der Waals surface area contributed by atoms with Gasteiger partial charge in [0.15, 0.2) is 17.5 Å². The summed E-state index contributed by atoms with van der Waals surface area (Å²) in [5, 5.41) is 16.6. The van der Waals surface area contributed by atoms with Gasteiger partial charge in [-0.2, -0.15) is 10.1 Å². The van der Waals surface area contributed by atoms with E-state index in [0.717, 1.165) is 23.8 Å². The summed E-state index contributed by atoms with van der Waals surface area (Å²) in [4.78, 5) is 16.2. The molecule has 4 aromatic rings. The smallest absolute Gasteiger partial charge is 0.237 e. The van der Waals surface area contributed by atoms with Gasteiger partial charge in [-0.3, -0.25) is 9.13 Å². The summed E-state index contributed by atoms with van der Waals surface area (Å²) in [6.07, 6.45) is 9.60. The van der Waals surface area contributed by atoms with Gasteiger partial charge < -0.3 is 4.90 Å². The van der Waals surface area contributed by atoms with Gasteiger partial charge in [-0.05, 0) is 32.4 Å². The van der Waals surface area contributed by atoms with Gasteiger partial charge in [0.1, 0.15) is 17.7 Å². The molecule has 29 heavy (non-hydrogen) atoms. The van der Waals surface area contributed by atoms with E-state index >= 15 is 0 Å². The molecule has 10 heteroatoms. The molecule has 0 fully saturated rings. The minimum atomic E-state index is 0.0926. The molecule has 10 nitrogen and oxygen atoms in total. The normalized spacial score (nSPS) is 15.4. The Hall–Kier alpha value is -3.69. The van der Waals surface area contributed by atoms with Crippen molar-refractivity contribution in [1.82, 2.24) is 44.5 Å². The molecule has 0 aliphatic carbocycles. The van der Waals surface area contributed by atoms with E-state index in [1.165, 1.54) is 0 Å². The molecule has 0 spiro atoms. The first-order valence-electron chi connectivity index (χ1n) is 9.56. The van der Waals surface area contributed by atoms with E-state index in [4.69, 9.17) is 4.98 Å². The van der Waals surface area contributed by atoms with Crippen LogP contribution in [0.1, 0.15) is 39.1 Å². The first-order chi connectivity index (χ1) is 14.2. The SMILES string of the molecule is CC[C@@H]1c2nncn2-c2cnc(-n3ccnc3-c3cccnn3)nc2N1C(C)C. The summed E-state index contributed by atoms with van der Waals surface area (Å²) < 4.78 is 3.80. The molecule has 0 N–H and O–H groups in total. The second-order valence-corrected chi connectivity index (χ2v) is 7.09. The Morgan fingerprint density at radius 2 is 1.97 bits per heavy atom. The molecule has 1 atom stereocenters. The quantitative estimate of drug-likeness (QED) is 0.525. The van der Waals surface area contributed by atoms with Gasteiger partial charge in [-0.25, -0.2) is 9.97 Å². The van der Waals surface area contributed by atoms with Crippen LogP contribution in [0.15, 0.2) is 43.2 Å². The summed E-state index contributed by atoms with van der Waals surface area (Å²) in [6.45, 7) is 6.46. The van der Waals surface area contributed by atoms with E-state index in [2.05, 4.69) is 56.0 Å². The second kappa shape index (κ2) is 6.73. The van der Waals surface area contributed by atoms with Crippen LogP contribution in [-0.4, -0.2) is 50.5 Å². The van der Waals surface area contributed by atoms with Gasteiger partial charge in [0, 0.05) is 24.6 Å². The van der Waals surface area contributed by atoms with Gasteiger partial charge in [0.05, 0.1) is 12.2 Å². The Kier molecular flexibility index (Phi) is 4.04. The molecule has 5 heterocycles. The first kappa shape index (κ1) is 17.4. The largest absolute Gasteiger partial charge is 0.342 e. The lowest BCUT2D eigenvalue weighted by molar-refractivity contribution is 0.497. The maximum atomic E-state index is 4.93. The van der Waals surface area contributed by atoms with Crippen molar-refractivity contribution >= 4 is 5.82 Å². The predicted octanol–water partition coefficient (Wildman–Crippen LogP) is 2.38. The van der Waals surface area contributed by atoms with Crippen molar-refractivity contribution in [2.75, 3.05) is 4.90 Å². The fourth-order valence-electron chi connectivity index (χ4n) is 3.82. The van der Waals surface area contributed by atoms with Crippen LogP contribution in [0.2, 0.25) is 0 Å². The molecule has 5 rings (SSSR count). The number of anilines is 1. The summed E-state index contributed by atoms with van der Waals surface area (Å²) in [6, 6.07) is 4.01. The molecule has 4 aromatic heterocycles. The highest BCUT2D eigenvalue weighted by Gasteiger charge is 2.35. The molecule has 0 unspecified atom stereocenters. The molecule has 0 saturated heterocycles. The zero-order chi connectivity index (χ0) is 20.0. The van der Waals surface area contributed by atoms with Crippen LogP contribution in [-0.2, 0) is 0 Å². The van der Waals surface area contributed by atoms with Crippen LogP contribution in [0.3, 0.4) is 0 Å². The Balaban J connectivity index is 1.68. The van der Waals surface area contributed by atoms with E-state index in [0.29, 0.717) is 17.5 Å². The lowest BCUT2D eigenvalue weighted by atomic mass is 10.1. The van der Waals surface area contributed by atoms with Crippen molar-refractivity contribution in [1.29, 1.82) is 0 Å². The van der Waals surface area contributed by atoms with Crippen molar-refractivity contribution in [2.45, 2.75) is 39.3 Å². The van der Waals surface area contributed by atoms with Gasteiger partial charge in [-0.1, -0.05) is 6.92 Å². The molecular formula is C19H20N10. The Morgan fingerprint density at radius 1 is 1.07 bits per heavy atom. The number of hydrogen-bond acceptors (Lipinski definition) is 8. The number of aromatic nitrogens is 9. The molecule has 0 amide bonds. The van der Waals surface area contributed by atoms with E-state index in [-0.39, 0.29) is 12.1 Å². The van der Waals surface area contributed by atoms with E-state index in [1.807, 2.05) is 33.7 Å². The minimum Gasteiger partial charge on any atom is -0.342 e. The fraction of sp³-hybridized carbons (Fsp3) is 0.316. The van der Waals surface area contributed by atoms with Crippen LogP contribution in [0, 0.1) is 0 Å². The highest BCUT2D eigenvalue weighted by molar-refractivity contribution is 5.63. The number of imidazole rings is 1. The number of hydrogen-bond donors (Lipinski definition) is 0. The molecule has 0 aromatic carbocycles. The molecule has 1 aliphatic heterocycles. The number of fused-ring (bicyclic) bond motifs is 3. The van der Waals surface area contributed by atoms with Crippen LogP contribution in [0.5, 0.6) is 0 Å². The Bertz CT molecular complexity index is 1150. The Labute approximate surface area is 167 Å². The number of nitrogens with zero attached hydrogens (tertiary/aromatic N) is 10. The van der Waals surface area contributed by atoms with Crippen molar-refractivity contribution in [2.24, 2.45) is 0 Å². The average Bonchev–Trinajstić information content (AvgIpc) is 3.42. The monoisotopic (exact) mass is 388 g/mol. The van der Waals surface area contributed by atoms with Crippen LogP contribution in [0.4, 0.5) is 5.82 Å². The van der Waals surface area contributed by atoms with E-state index < -0.39 is 0 Å². The highest BCUT2D eigenvalue weighted by atomic mass is 15.4. The molecule has 0 bridgehead atoms. The van der Waals surface area contributed by atoms with Gasteiger partial charge in [0.2, 0.25) is 5.95 Å². The van der Waals surface area contributed by atoms with Crippen molar-refractivity contribution in [3.8, 4) is 23.2 Å². The van der Waals surface area contributed by atoms with Gasteiger partial charge >= 0.3 is 0 Å². The van der Waals surface area contributed by atoms with E-state index in [1.54, 1.807) is 18.7 Å². The molecule has 0 saturated carbocycles. The van der Waals surface area contributed by atoms with Crippen molar-refractivity contribution in [3.63, 3.8) is 0 Å². The average molecular weight is 388 g/mol. The molecular weight excluding hydrogens is 368 g/mol. The predicted molar refractivity (Wildman–Crippen MR) is 106 cm³/mol. The molecule has 0 radical (unpaired) electrons. The van der Waals surface area contributed by atoms with Gasteiger partial charge in [0.25, 0.3) is 0 Å². The summed E-state index contributed by atoms with van der Waals surface area (Å²) in [7, 11) is 0. The lowest BCUT2D eigenvalue weighted by Gasteiger charge is -2.39. The third-order valence-corrected chi connectivity index (χ3v) is 5.05. The standard InChI is InChI=1S/C19H20N10/c1-4-14-18-26-23-11-28(18)15-10-21-19(24-17(15)29(14)12(2)3)27-9-8-20-16(27)13-6-5-7-22-25-13/h5-12,14H,4H2,1-3H3/t14-/m1/s1.